The number of para-hydroxylation sites is 2. The van der Waals surface area contributed by atoms with Gasteiger partial charge in [0.15, 0.2) is 5.11 Å². The summed E-state index contributed by atoms with van der Waals surface area (Å²) in [5.41, 5.74) is 1.76. The van der Waals surface area contributed by atoms with E-state index in [-0.39, 0.29) is 10.7 Å². The zero-order chi connectivity index (χ0) is 25.2. The van der Waals surface area contributed by atoms with Crippen LogP contribution in [0.3, 0.4) is 0 Å². The van der Waals surface area contributed by atoms with E-state index >= 15 is 0 Å². The first-order valence-corrected chi connectivity index (χ1v) is 11.7. The SMILES string of the molecule is COc1ccc(-c2ccc(C=C3C(=O)N(c4ccccc4)C(=S)N(c4ccccc4)C3=O)o2)cc1Cl. The van der Waals surface area contributed by atoms with E-state index in [0.29, 0.717) is 33.7 Å². The van der Waals surface area contributed by atoms with Gasteiger partial charge < -0.3 is 9.15 Å². The van der Waals surface area contributed by atoms with Crippen molar-refractivity contribution < 1.29 is 18.7 Å². The Kier molecular flexibility index (Phi) is 6.41. The molecule has 0 radical (unpaired) electrons. The summed E-state index contributed by atoms with van der Waals surface area (Å²) in [6, 6.07) is 26.6. The molecule has 1 fully saturated rings. The van der Waals surface area contributed by atoms with Gasteiger partial charge in [-0.25, -0.2) is 0 Å². The van der Waals surface area contributed by atoms with E-state index in [1.165, 1.54) is 15.9 Å². The van der Waals surface area contributed by atoms with E-state index in [1.807, 2.05) is 18.2 Å². The topological polar surface area (TPSA) is 63.0 Å². The number of hydrogen-bond acceptors (Lipinski definition) is 5. The Morgan fingerprint density at radius 3 is 1.94 bits per heavy atom. The minimum Gasteiger partial charge on any atom is -0.495 e. The molecule has 8 heteroatoms. The lowest BCUT2D eigenvalue weighted by atomic mass is 10.1. The van der Waals surface area contributed by atoms with Gasteiger partial charge in [-0.3, -0.25) is 19.4 Å². The fraction of sp³-hybridized carbons (Fsp3) is 0.0357. The number of ether oxygens (including phenoxy) is 1. The zero-order valence-corrected chi connectivity index (χ0v) is 20.6. The predicted octanol–water partition coefficient (Wildman–Crippen LogP) is 6.36. The Labute approximate surface area is 218 Å². The zero-order valence-electron chi connectivity index (χ0n) is 19.1. The van der Waals surface area contributed by atoms with Crippen LogP contribution in [0, 0.1) is 0 Å². The van der Waals surface area contributed by atoms with Gasteiger partial charge in [0.05, 0.1) is 23.5 Å². The van der Waals surface area contributed by atoms with Crippen molar-refractivity contribution in [2.24, 2.45) is 0 Å². The molecule has 0 unspecified atom stereocenters. The van der Waals surface area contributed by atoms with Gasteiger partial charge in [-0.1, -0.05) is 48.0 Å². The van der Waals surface area contributed by atoms with Crippen molar-refractivity contribution >= 4 is 58.2 Å². The van der Waals surface area contributed by atoms with Crippen molar-refractivity contribution in [2.45, 2.75) is 0 Å². The quantitative estimate of drug-likeness (QED) is 0.176. The number of thiocarbonyl (C=S) groups is 1. The number of halogens is 1. The first-order chi connectivity index (χ1) is 17.5. The summed E-state index contributed by atoms with van der Waals surface area (Å²) in [7, 11) is 1.54. The van der Waals surface area contributed by atoms with Gasteiger partial charge in [0.25, 0.3) is 11.8 Å². The highest BCUT2D eigenvalue weighted by Crippen LogP contribution is 2.33. The van der Waals surface area contributed by atoms with Gasteiger partial charge in [-0.05, 0) is 72.9 Å². The molecule has 1 aliphatic heterocycles. The predicted molar refractivity (Wildman–Crippen MR) is 144 cm³/mol. The van der Waals surface area contributed by atoms with Crippen molar-refractivity contribution in [1.82, 2.24) is 0 Å². The molecule has 0 aliphatic carbocycles. The van der Waals surface area contributed by atoms with Crippen LogP contribution in [0.1, 0.15) is 5.76 Å². The first-order valence-electron chi connectivity index (χ1n) is 11.0. The van der Waals surface area contributed by atoms with Gasteiger partial charge in [0.2, 0.25) is 0 Å². The van der Waals surface area contributed by atoms with Crippen molar-refractivity contribution in [3.8, 4) is 17.1 Å². The van der Waals surface area contributed by atoms with Crippen LogP contribution < -0.4 is 14.5 Å². The largest absolute Gasteiger partial charge is 0.495 e. The number of carbonyl (C=O) groups is 2. The number of anilines is 2. The lowest BCUT2D eigenvalue weighted by molar-refractivity contribution is -0.120. The molecule has 6 nitrogen and oxygen atoms in total. The Balaban J connectivity index is 1.57. The second-order valence-electron chi connectivity index (χ2n) is 7.84. The van der Waals surface area contributed by atoms with E-state index in [0.717, 1.165) is 5.56 Å². The standard InChI is InChI=1S/C28H19ClN2O4S/c1-34-25-14-12-18(16-23(25)29)24-15-13-21(35-24)17-22-26(32)30(19-8-4-2-5-9-19)28(36)31(27(22)33)20-10-6-3-7-11-20/h2-17H,1H3. The fourth-order valence-electron chi connectivity index (χ4n) is 3.89. The van der Waals surface area contributed by atoms with Gasteiger partial charge in [0.1, 0.15) is 22.8 Å². The van der Waals surface area contributed by atoms with E-state index in [1.54, 1.807) is 79.9 Å². The van der Waals surface area contributed by atoms with E-state index in [2.05, 4.69) is 0 Å². The van der Waals surface area contributed by atoms with Crippen molar-refractivity contribution in [3.05, 3.63) is 107 Å². The summed E-state index contributed by atoms with van der Waals surface area (Å²) >= 11 is 11.9. The Hall–Kier alpha value is -4.20. The lowest BCUT2D eigenvalue weighted by Crippen LogP contribution is -2.56. The van der Waals surface area contributed by atoms with Gasteiger partial charge in [-0.2, -0.15) is 0 Å². The monoisotopic (exact) mass is 514 g/mol. The first kappa shape index (κ1) is 23.5. The summed E-state index contributed by atoms with van der Waals surface area (Å²) in [4.78, 5) is 29.8. The average molecular weight is 515 g/mol. The van der Waals surface area contributed by atoms with Crippen LogP contribution in [-0.2, 0) is 9.59 Å². The highest BCUT2D eigenvalue weighted by molar-refractivity contribution is 7.81. The van der Waals surface area contributed by atoms with Crippen molar-refractivity contribution in [3.63, 3.8) is 0 Å². The molecule has 2 amide bonds. The smallest absolute Gasteiger partial charge is 0.270 e. The maximum atomic E-state index is 13.6. The number of methoxy groups -OCH3 is 1. The number of hydrogen-bond donors (Lipinski definition) is 0. The van der Waals surface area contributed by atoms with E-state index in [9.17, 15) is 9.59 Å². The van der Waals surface area contributed by atoms with Crippen molar-refractivity contribution in [2.75, 3.05) is 16.9 Å². The molecular weight excluding hydrogens is 496 g/mol. The van der Waals surface area contributed by atoms with E-state index in [4.69, 9.17) is 33.0 Å². The van der Waals surface area contributed by atoms with Gasteiger partial charge in [-0.15, -0.1) is 0 Å². The molecule has 0 bridgehead atoms. The van der Waals surface area contributed by atoms with Crippen molar-refractivity contribution in [1.29, 1.82) is 0 Å². The Morgan fingerprint density at radius 1 is 0.833 bits per heavy atom. The van der Waals surface area contributed by atoms with E-state index < -0.39 is 11.8 Å². The Bertz CT molecular complexity index is 1430. The van der Waals surface area contributed by atoms with Crippen LogP contribution in [0.4, 0.5) is 11.4 Å². The Morgan fingerprint density at radius 2 is 1.42 bits per heavy atom. The average Bonchev–Trinajstić information content (AvgIpc) is 3.37. The molecule has 2 heterocycles. The fourth-order valence-corrected chi connectivity index (χ4v) is 4.52. The third kappa shape index (κ3) is 4.30. The minimum atomic E-state index is -0.533. The number of benzene rings is 3. The number of rotatable bonds is 5. The summed E-state index contributed by atoms with van der Waals surface area (Å²) in [5.74, 6) is 0.341. The molecular formula is C28H19ClN2O4S. The molecule has 1 aromatic heterocycles. The number of nitrogens with zero attached hydrogens (tertiary/aromatic N) is 2. The van der Waals surface area contributed by atoms with Gasteiger partial charge >= 0.3 is 0 Å². The molecule has 4 aromatic rings. The highest BCUT2D eigenvalue weighted by atomic mass is 35.5. The third-order valence-electron chi connectivity index (χ3n) is 5.63. The van der Waals surface area contributed by atoms with Gasteiger partial charge in [0, 0.05) is 5.56 Å². The molecule has 178 valence electrons. The molecule has 0 atom stereocenters. The minimum absolute atomic E-state index is 0.0764. The lowest BCUT2D eigenvalue weighted by Gasteiger charge is -2.36. The molecule has 1 saturated heterocycles. The summed E-state index contributed by atoms with van der Waals surface area (Å²) in [5, 5.41) is 0.516. The number of amides is 2. The second kappa shape index (κ2) is 9.81. The molecule has 0 spiro atoms. The van der Waals surface area contributed by atoms with Crippen LogP contribution in [0.15, 0.2) is 101 Å². The third-order valence-corrected chi connectivity index (χ3v) is 6.29. The summed E-state index contributed by atoms with van der Waals surface area (Å²) < 4.78 is 11.2. The second-order valence-corrected chi connectivity index (χ2v) is 8.62. The molecule has 5 rings (SSSR count). The molecule has 0 saturated carbocycles. The van der Waals surface area contributed by atoms with Crippen LogP contribution in [0.5, 0.6) is 5.75 Å². The summed E-state index contributed by atoms with van der Waals surface area (Å²) in [6.45, 7) is 0. The van der Waals surface area contributed by atoms with Crippen LogP contribution in [0.25, 0.3) is 17.4 Å². The highest BCUT2D eigenvalue weighted by Gasteiger charge is 2.41. The van der Waals surface area contributed by atoms with Crippen LogP contribution in [-0.4, -0.2) is 24.0 Å². The molecule has 36 heavy (non-hydrogen) atoms. The van der Waals surface area contributed by atoms with Crippen LogP contribution in [0.2, 0.25) is 5.02 Å². The maximum Gasteiger partial charge on any atom is 0.270 e. The van der Waals surface area contributed by atoms with Crippen LogP contribution >= 0.6 is 23.8 Å². The number of carbonyl (C=O) groups excluding carboxylic acids is 2. The molecule has 3 aromatic carbocycles. The summed E-state index contributed by atoms with van der Waals surface area (Å²) in [6.07, 6.45) is 1.44. The number of furan rings is 1. The molecule has 0 N–H and O–H groups in total. The normalized spacial score (nSPS) is 13.8. The maximum absolute atomic E-state index is 13.6. The molecule has 1 aliphatic rings.